The molecule has 2 rings (SSSR count). The van der Waals surface area contributed by atoms with Crippen molar-refractivity contribution in [2.45, 2.75) is 27.2 Å². The number of hydrogen-bond acceptors (Lipinski definition) is 2. The Morgan fingerprint density at radius 3 is 2.65 bits per heavy atom. The number of rotatable bonds is 2. The van der Waals surface area contributed by atoms with E-state index in [2.05, 4.69) is 29.0 Å². The van der Waals surface area contributed by atoms with E-state index in [0.29, 0.717) is 12.0 Å². The quantitative estimate of drug-likeness (QED) is 0.857. The Hall–Kier alpha value is -1.90. The third kappa shape index (κ3) is 2.61. The molecule has 88 valence electrons. The molecule has 0 bridgehead atoms. The molecule has 1 N–H and O–H groups in total. The minimum absolute atomic E-state index is 0.0415. The summed E-state index contributed by atoms with van der Waals surface area (Å²) in [6.45, 7) is 5.71. The lowest BCUT2D eigenvalue weighted by Crippen LogP contribution is -2.16. The van der Waals surface area contributed by atoms with Gasteiger partial charge in [-0.3, -0.25) is 4.79 Å². The number of aryl methyl sites for hydroxylation is 2. The van der Waals surface area contributed by atoms with Gasteiger partial charge in [-0.1, -0.05) is 29.8 Å². The van der Waals surface area contributed by atoms with E-state index >= 15 is 0 Å². The van der Waals surface area contributed by atoms with Crippen molar-refractivity contribution in [2.24, 2.45) is 0 Å². The molecule has 0 radical (unpaired) electrons. The van der Waals surface area contributed by atoms with E-state index in [9.17, 15) is 4.79 Å². The minimum Gasteiger partial charge on any atom is -0.310 e. The van der Waals surface area contributed by atoms with Gasteiger partial charge in [-0.15, -0.1) is 0 Å². The molecular weight excluding hydrogens is 212 g/mol. The Balaban J connectivity index is 2.34. The van der Waals surface area contributed by atoms with Crippen LogP contribution in [0.15, 0.2) is 29.1 Å². The van der Waals surface area contributed by atoms with E-state index in [1.165, 1.54) is 5.56 Å². The number of H-pyrrole nitrogens is 1. The van der Waals surface area contributed by atoms with Gasteiger partial charge in [0.25, 0.3) is 5.56 Å². The van der Waals surface area contributed by atoms with Crippen LogP contribution in [0.2, 0.25) is 0 Å². The van der Waals surface area contributed by atoms with Crippen molar-refractivity contribution in [1.82, 2.24) is 9.97 Å². The van der Waals surface area contributed by atoms with E-state index < -0.39 is 0 Å². The topological polar surface area (TPSA) is 45.8 Å². The average Bonchev–Trinajstić information content (AvgIpc) is 2.26. The fourth-order valence-corrected chi connectivity index (χ4v) is 1.80. The summed E-state index contributed by atoms with van der Waals surface area (Å²) in [6.07, 6.45) is 0.665. The SMILES string of the molecule is Cc1cccc(Cc2nc(C)c(C)c(=O)[nH]2)c1. The summed E-state index contributed by atoms with van der Waals surface area (Å²) in [4.78, 5) is 18.8. The Morgan fingerprint density at radius 2 is 2.00 bits per heavy atom. The van der Waals surface area contributed by atoms with Crippen LogP contribution in [0.25, 0.3) is 0 Å². The van der Waals surface area contributed by atoms with Crippen LogP contribution >= 0.6 is 0 Å². The van der Waals surface area contributed by atoms with Gasteiger partial charge in [0, 0.05) is 17.7 Å². The summed E-state index contributed by atoms with van der Waals surface area (Å²) >= 11 is 0. The molecule has 1 aromatic carbocycles. The third-order valence-corrected chi connectivity index (χ3v) is 2.90. The minimum atomic E-state index is -0.0415. The van der Waals surface area contributed by atoms with Crippen LogP contribution in [0.4, 0.5) is 0 Å². The summed E-state index contributed by atoms with van der Waals surface area (Å²) in [5.41, 5.74) is 3.83. The van der Waals surface area contributed by atoms with Gasteiger partial charge in [0.1, 0.15) is 5.82 Å². The molecule has 0 saturated heterocycles. The Labute approximate surface area is 101 Å². The van der Waals surface area contributed by atoms with E-state index in [1.807, 2.05) is 19.1 Å². The lowest BCUT2D eigenvalue weighted by molar-refractivity contribution is 0.902. The molecule has 1 heterocycles. The second-order valence-corrected chi connectivity index (χ2v) is 4.39. The summed E-state index contributed by atoms with van der Waals surface area (Å²) in [7, 11) is 0. The number of aromatic amines is 1. The van der Waals surface area contributed by atoms with Gasteiger partial charge < -0.3 is 4.98 Å². The maximum absolute atomic E-state index is 11.6. The molecule has 0 unspecified atom stereocenters. The Morgan fingerprint density at radius 1 is 1.24 bits per heavy atom. The van der Waals surface area contributed by atoms with Crippen molar-refractivity contribution in [2.75, 3.05) is 0 Å². The third-order valence-electron chi connectivity index (χ3n) is 2.90. The molecule has 0 aliphatic heterocycles. The summed E-state index contributed by atoms with van der Waals surface area (Å²) in [5, 5.41) is 0. The highest BCUT2D eigenvalue weighted by Crippen LogP contribution is 2.08. The number of nitrogens with one attached hydrogen (secondary N) is 1. The maximum atomic E-state index is 11.6. The molecule has 0 amide bonds. The second-order valence-electron chi connectivity index (χ2n) is 4.39. The highest BCUT2D eigenvalue weighted by atomic mass is 16.1. The molecule has 0 saturated carbocycles. The van der Waals surface area contributed by atoms with Crippen molar-refractivity contribution in [3.8, 4) is 0 Å². The van der Waals surface area contributed by atoms with E-state index in [0.717, 1.165) is 17.1 Å². The molecule has 2 aromatic rings. The van der Waals surface area contributed by atoms with Gasteiger partial charge >= 0.3 is 0 Å². The molecule has 0 fully saturated rings. The van der Waals surface area contributed by atoms with Crippen LogP contribution in [0, 0.1) is 20.8 Å². The fraction of sp³-hybridized carbons (Fsp3) is 0.286. The van der Waals surface area contributed by atoms with Crippen LogP contribution in [0.5, 0.6) is 0 Å². The highest BCUT2D eigenvalue weighted by Gasteiger charge is 2.04. The standard InChI is InChI=1S/C14H16N2O/c1-9-5-4-6-12(7-9)8-13-15-11(3)10(2)14(17)16-13/h4-7H,8H2,1-3H3,(H,15,16,17). The molecule has 3 nitrogen and oxygen atoms in total. The van der Waals surface area contributed by atoms with E-state index in [1.54, 1.807) is 6.92 Å². The van der Waals surface area contributed by atoms with Gasteiger partial charge in [0.15, 0.2) is 0 Å². The zero-order valence-electron chi connectivity index (χ0n) is 10.4. The first kappa shape index (κ1) is 11.6. The number of hydrogen-bond donors (Lipinski definition) is 1. The lowest BCUT2D eigenvalue weighted by Gasteiger charge is -2.05. The largest absolute Gasteiger partial charge is 0.310 e. The van der Waals surface area contributed by atoms with Crippen molar-refractivity contribution in [3.63, 3.8) is 0 Å². The average molecular weight is 228 g/mol. The molecule has 17 heavy (non-hydrogen) atoms. The number of aromatic nitrogens is 2. The van der Waals surface area contributed by atoms with Crippen molar-refractivity contribution < 1.29 is 0 Å². The molecular formula is C14H16N2O. The van der Waals surface area contributed by atoms with Crippen molar-refractivity contribution in [3.05, 3.63) is 62.8 Å². The first-order valence-electron chi connectivity index (χ1n) is 5.68. The smallest absolute Gasteiger partial charge is 0.254 e. The highest BCUT2D eigenvalue weighted by molar-refractivity contribution is 5.25. The fourth-order valence-electron chi connectivity index (χ4n) is 1.80. The van der Waals surface area contributed by atoms with Crippen LogP contribution in [0.1, 0.15) is 28.2 Å². The molecule has 0 aliphatic carbocycles. The molecule has 1 aromatic heterocycles. The van der Waals surface area contributed by atoms with Gasteiger partial charge in [-0.25, -0.2) is 4.98 Å². The van der Waals surface area contributed by atoms with Crippen molar-refractivity contribution in [1.29, 1.82) is 0 Å². The first-order chi connectivity index (χ1) is 8.06. The number of benzene rings is 1. The summed E-state index contributed by atoms with van der Waals surface area (Å²) < 4.78 is 0. The first-order valence-corrected chi connectivity index (χ1v) is 5.68. The maximum Gasteiger partial charge on any atom is 0.254 e. The molecule has 0 atom stereocenters. The zero-order valence-corrected chi connectivity index (χ0v) is 10.4. The zero-order chi connectivity index (χ0) is 12.4. The van der Waals surface area contributed by atoms with Gasteiger partial charge in [0.2, 0.25) is 0 Å². The van der Waals surface area contributed by atoms with Crippen LogP contribution in [0.3, 0.4) is 0 Å². The Kier molecular flexibility index (Phi) is 3.09. The Bertz CT molecular complexity index is 599. The van der Waals surface area contributed by atoms with Gasteiger partial charge in [-0.2, -0.15) is 0 Å². The van der Waals surface area contributed by atoms with E-state index in [4.69, 9.17) is 0 Å². The van der Waals surface area contributed by atoms with Crippen molar-refractivity contribution >= 4 is 0 Å². The monoisotopic (exact) mass is 228 g/mol. The predicted octanol–water partition coefficient (Wildman–Crippen LogP) is 2.29. The second kappa shape index (κ2) is 4.53. The van der Waals surface area contributed by atoms with Gasteiger partial charge in [0.05, 0.1) is 0 Å². The number of nitrogens with zero attached hydrogens (tertiary/aromatic N) is 1. The van der Waals surface area contributed by atoms with Crippen LogP contribution in [-0.4, -0.2) is 9.97 Å². The molecule has 0 spiro atoms. The summed E-state index contributed by atoms with van der Waals surface area (Å²) in [5.74, 6) is 0.726. The van der Waals surface area contributed by atoms with Gasteiger partial charge in [-0.05, 0) is 26.3 Å². The van der Waals surface area contributed by atoms with E-state index in [-0.39, 0.29) is 5.56 Å². The van der Waals surface area contributed by atoms with Crippen LogP contribution < -0.4 is 5.56 Å². The molecule has 3 heteroatoms. The normalized spacial score (nSPS) is 10.5. The summed E-state index contributed by atoms with van der Waals surface area (Å²) in [6, 6.07) is 8.22. The predicted molar refractivity (Wildman–Crippen MR) is 68.3 cm³/mol. The molecule has 0 aliphatic rings. The van der Waals surface area contributed by atoms with Crippen LogP contribution in [-0.2, 0) is 6.42 Å². The lowest BCUT2D eigenvalue weighted by atomic mass is 10.1.